The van der Waals surface area contributed by atoms with Crippen molar-refractivity contribution in [3.05, 3.63) is 96.2 Å². The van der Waals surface area contributed by atoms with Crippen LogP contribution in [0.2, 0.25) is 0 Å². The van der Waals surface area contributed by atoms with Gasteiger partial charge in [0.05, 0.1) is 17.1 Å². The monoisotopic (exact) mass is 412 g/mol. The molecule has 0 aliphatic heterocycles. The molecule has 0 saturated carbocycles. The number of hydrogen-bond acceptors (Lipinski definition) is 3. The van der Waals surface area contributed by atoms with E-state index in [1.165, 1.54) is 11.1 Å². The van der Waals surface area contributed by atoms with Gasteiger partial charge in [-0.3, -0.25) is 4.98 Å². The summed E-state index contributed by atoms with van der Waals surface area (Å²) < 4.78 is 6.27. The summed E-state index contributed by atoms with van der Waals surface area (Å²) in [6, 6.07) is 27.5. The van der Waals surface area contributed by atoms with Crippen LogP contribution in [0, 0.1) is 0 Å². The molecule has 152 valence electrons. The molecule has 3 aromatic carbocycles. The number of hydrogen-bond donors (Lipinski definition) is 0. The number of aromatic nitrogens is 2. The van der Waals surface area contributed by atoms with Crippen LogP contribution < -0.4 is 0 Å². The van der Waals surface area contributed by atoms with Gasteiger partial charge in [0.1, 0.15) is 11.2 Å². The molecular formula is C29H20N2O. The highest BCUT2D eigenvalue weighted by Gasteiger charge is 2.37. The number of benzene rings is 3. The molecule has 0 saturated heterocycles. The minimum Gasteiger partial charge on any atom is -0.455 e. The van der Waals surface area contributed by atoms with Crippen molar-refractivity contribution in [2.24, 2.45) is 0 Å². The number of pyridine rings is 2. The second-order valence-corrected chi connectivity index (χ2v) is 9.06. The van der Waals surface area contributed by atoms with E-state index < -0.39 is 0 Å². The van der Waals surface area contributed by atoms with Crippen molar-refractivity contribution < 1.29 is 4.42 Å². The Hall–Kier alpha value is -3.98. The summed E-state index contributed by atoms with van der Waals surface area (Å²) in [5.41, 5.74) is 8.27. The van der Waals surface area contributed by atoms with Crippen LogP contribution in [-0.4, -0.2) is 9.97 Å². The minimum atomic E-state index is -0.1000. The summed E-state index contributed by atoms with van der Waals surface area (Å²) >= 11 is 0. The van der Waals surface area contributed by atoms with Crippen molar-refractivity contribution in [1.82, 2.24) is 9.97 Å². The van der Waals surface area contributed by atoms with E-state index >= 15 is 0 Å². The van der Waals surface area contributed by atoms with Crippen molar-refractivity contribution in [2.45, 2.75) is 19.3 Å². The van der Waals surface area contributed by atoms with E-state index in [0.29, 0.717) is 0 Å². The highest BCUT2D eigenvalue weighted by molar-refractivity contribution is 6.18. The van der Waals surface area contributed by atoms with Gasteiger partial charge in [-0.05, 0) is 40.8 Å². The van der Waals surface area contributed by atoms with E-state index in [1.807, 2.05) is 24.4 Å². The molecule has 1 aliphatic rings. The fourth-order valence-electron chi connectivity index (χ4n) is 5.30. The quantitative estimate of drug-likeness (QED) is 0.281. The SMILES string of the molecule is CC1(C)c2cccnc2-c2nc(-c3cc4c5ccccc5oc4c4ccccc34)ccc21. The number of fused-ring (bicyclic) bond motifs is 8. The van der Waals surface area contributed by atoms with Gasteiger partial charge in [-0.15, -0.1) is 0 Å². The molecule has 7 rings (SSSR count). The summed E-state index contributed by atoms with van der Waals surface area (Å²) in [5.74, 6) is 0. The normalized spacial score (nSPS) is 14.2. The molecule has 0 radical (unpaired) electrons. The van der Waals surface area contributed by atoms with Crippen molar-refractivity contribution in [2.75, 3.05) is 0 Å². The molecule has 32 heavy (non-hydrogen) atoms. The van der Waals surface area contributed by atoms with E-state index in [1.54, 1.807) is 0 Å². The zero-order valence-electron chi connectivity index (χ0n) is 17.9. The van der Waals surface area contributed by atoms with E-state index in [4.69, 9.17) is 14.4 Å². The Bertz CT molecular complexity index is 1710. The average molecular weight is 412 g/mol. The Morgan fingerprint density at radius 3 is 2.31 bits per heavy atom. The lowest BCUT2D eigenvalue weighted by atomic mass is 9.83. The molecule has 0 amide bonds. The van der Waals surface area contributed by atoms with Crippen molar-refractivity contribution >= 4 is 32.7 Å². The summed E-state index contributed by atoms with van der Waals surface area (Å²) in [7, 11) is 0. The molecule has 3 aromatic heterocycles. The molecule has 0 bridgehead atoms. The topological polar surface area (TPSA) is 38.9 Å². The lowest BCUT2D eigenvalue weighted by molar-refractivity contribution is 0.658. The van der Waals surface area contributed by atoms with E-state index in [0.717, 1.165) is 55.4 Å². The molecular weight excluding hydrogens is 392 g/mol. The van der Waals surface area contributed by atoms with Gasteiger partial charge in [0.2, 0.25) is 0 Å². The molecule has 3 heteroatoms. The van der Waals surface area contributed by atoms with Gasteiger partial charge in [0, 0.05) is 33.3 Å². The predicted octanol–water partition coefficient (Wildman–Crippen LogP) is 7.50. The Labute approximate surface area is 185 Å². The zero-order chi connectivity index (χ0) is 21.4. The molecule has 3 heterocycles. The van der Waals surface area contributed by atoms with E-state index in [2.05, 4.69) is 74.5 Å². The van der Waals surface area contributed by atoms with Crippen LogP contribution in [0.5, 0.6) is 0 Å². The second kappa shape index (κ2) is 6.04. The maximum absolute atomic E-state index is 6.27. The van der Waals surface area contributed by atoms with Gasteiger partial charge in [-0.2, -0.15) is 0 Å². The first kappa shape index (κ1) is 17.7. The van der Waals surface area contributed by atoms with Gasteiger partial charge in [-0.25, -0.2) is 4.98 Å². The van der Waals surface area contributed by atoms with E-state index in [9.17, 15) is 0 Å². The first-order valence-electron chi connectivity index (χ1n) is 10.9. The standard InChI is InChI=1S/C29H20N2O/c1-29(2)22-11-7-15-30-26(22)27-23(29)13-14-24(31-27)20-16-21-18-9-5-6-12-25(18)32-28(21)19-10-4-3-8-17(19)20/h3-16H,1-2H3. The van der Waals surface area contributed by atoms with Crippen LogP contribution in [0.25, 0.3) is 55.4 Å². The van der Waals surface area contributed by atoms with E-state index in [-0.39, 0.29) is 5.41 Å². The summed E-state index contributed by atoms with van der Waals surface area (Å²) in [5, 5.41) is 4.50. The van der Waals surface area contributed by atoms with Crippen molar-refractivity contribution in [1.29, 1.82) is 0 Å². The highest BCUT2D eigenvalue weighted by Crippen LogP contribution is 2.47. The Balaban J connectivity index is 1.57. The fourth-order valence-corrected chi connectivity index (χ4v) is 5.30. The number of rotatable bonds is 1. The number of para-hydroxylation sites is 1. The van der Waals surface area contributed by atoms with Crippen LogP contribution in [0.4, 0.5) is 0 Å². The summed E-state index contributed by atoms with van der Waals surface area (Å²) in [6.07, 6.45) is 1.86. The molecule has 6 aromatic rings. The first-order valence-corrected chi connectivity index (χ1v) is 10.9. The summed E-state index contributed by atoms with van der Waals surface area (Å²) in [4.78, 5) is 9.89. The zero-order valence-corrected chi connectivity index (χ0v) is 17.9. The number of furan rings is 1. The minimum absolute atomic E-state index is 0.1000. The first-order chi connectivity index (χ1) is 15.6. The fraction of sp³-hybridized carbons (Fsp3) is 0.103. The molecule has 0 spiro atoms. The van der Waals surface area contributed by atoms with Gasteiger partial charge in [0.15, 0.2) is 0 Å². The van der Waals surface area contributed by atoms with Gasteiger partial charge < -0.3 is 4.42 Å². The summed E-state index contributed by atoms with van der Waals surface area (Å²) in [6.45, 7) is 4.50. The Morgan fingerprint density at radius 2 is 1.44 bits per heavy atom. The average Bonchev–Trinajstić information content (AvgIpc) is 3.32. The van der Waals surface area contributed by atoms with Gasteiger partial charge in [0.25, 0.3) is 0 Å². The number of nitrogens with zero attached hydrogens (tertiary/aromatic N) is 2. The Morgan fingerprint density at radius 1 is 0.688 bits per heavy atom. The smallest absolute Gasteiger partial charge is 0.143 e. The lowest BCUT2D eigenvalue weighted by Gasteiger charge is -2.20. The molecule has 0 N–H and O–H groups in total. The molecule has 1 aliphatic carbocycles. The molecule has 3 nitrogen and oxygen atoms in total. The van der Waals surface area contributed by atoms with Crippen LogP contribution >= 0.6 is 0 Å². The Kier molecular flexibility index (Phi) is 3.34. The molecule has 0 unspecified atom stereocenters. The predicted molar refractivity (Wildman–Crippen MR) is 130 cm³/mol. The second-order valence-electron chi connectivity index (χ2n) is 9.06. The van der Waals surface area contributed by atoms with Gasteiger partial charge >= 0.3 is 0 Å². The van der Waals surface area contributed by atoms with Gasteiger partial charge in [-0.1, -0.05) is 68.4 Å². The van der Waals surface area contributed by atoms with Crippen LogP contribution in [-0.2, 0) is 5.41 Å². The molecule has 0 atom stereocenters. The van der Waals surface area contributed by atoms with Crippen LogP contribution in [0.15, 0.2) is 89.5 Å². The maximum atomic E-state index is 6.27. The van der Waals surface area contributed by atoms with Crippen molar-refractivity contribution in [3.63, 3.8) is 0 Å². The lowest BCUT2D eigenvalue weighted by Crippen LogP contribution is -2.15. The third kappa shape index (κ3) is 2.20. The maximum Gasteiger partial charge on any atom is 0.143 e. The third-order valence-electron chi connectivity index (χ3n) is 6.93. The largest absolute Gasteiger partial charge is 0.455 e. The highest BCUT2D eigenvalue weighted by atomic mass is 16.3. The van der Waals surface area contributed by atoms with Crippen molar-refractivity contribution in [3.8, 4) is 22.6 Å². The van der Waals surface area contributed by atoms with Crippen LogP contribution in [0.1, 0.15) is 25.0 Å². The van der Waals surface area contributed by atoms with Crippen LogP contribution in [0.3, 0.4) is 0 Å². The molecule has 0 fully saturated rings. The third-order valence-corrected chi connectivity index (χ3v) is 6.93.